The third-order valence-corrected chi connectivity index (χ3v) is 3.62. The lowest BCUT2D eigenvalue weighted by molar-refractivity contribution is -0.200. The maximum absolute atomic E-state index is 9.78. The van der Waals surface area contributed by atoms with Gasteiger partial charge < -0.3 is 25.8 Å². The standard InChI is InChI=1S/C10H19NO4S/c1-4(2)5(11)9-7(13)6(12)8(14)10(15-9)16-3/h5-10,12-14H,1,11H2,2-3H3/t5-,6+,7-,8-,9-,10-/m1/s1. The van der Waals surface area contributed by atoms with Crippen molar-refractivity contribution in [1.82, 2.24) is 0 Å². The minimum atomic E-state index is -1.25. The molecule has 0 unspecified atom stereocenters. The molecule has 0 aliphatic carbocycles. The zero-order valence-electron chi connectivity index (χ0n) is 9.41. The van der Waals surface area contributed by atoms with Gasteiger partial charge in [0.15, 0.2) is 0 Å². The summed E-state index contributed by atoms with van der Waals surface area (Å²) >= 11 is 1.26. The van der Waals surface area contributed by atoms with Crippen molar-refractivity contribution in [2.24, 2.45) is 5.73 Å². The number of hydrogen-bond donors (Lipinski definition) is 4. The molecule has 0 aromatic heterocycles. The second-order valence-electron chi connectivity index (χ2n) is 4.05. The normalized spacial score (nSPS) is 41.8. The van der Waals surface area contributed by atoms with Gasteiger partial charge in [0.25, 0.3) is 0 Å². The molecule has 0 aromatic carbocycles. The van der Waals surface area contributed by atoms with Crippen LogP contribution in [0.2, 0.25) is 0 Å². The maximum Gasteiger partial charge on any atom is 0.132 e. The number of aliphatic hydroxyl groups excluding tert-OH is 3. The summed E-state index contributed by atoms with van der Waals surface area (Å²) in [5, 5.41) is 29.1. The first-order valence-electron chi connectivity index (χ1n) is 5.03. The third-order valence-electron chi connectivity index (χ3n) is 2.76. The average Bonchev–Trinajstić information content (AvgIpc) is 2.25. The van der Waals surface area contributed by atoms with E-state index in [-0.39, 0.29) is 0 Å². The molecule has 0 spiro atoms. The highest BCUT2D eigenvalue weighted by molar-refractivity contribution is 7.99. The zero-order chi connectivity index (χ0) is 12.5. The van der Waals surface area contributed by atoms with E-state index in [9.17, 15) is 15.3 Å². The Balaban J connectivity index is 2.82. The van der Waals surface area contributed by atoms with Crippen LogP contribution >= 0.6 is 11.8 Å². The Bertz CT molecular complexity index is 261. The van der Waals surface area contributed by atoms with Crippen molar-refractivity contribution in [3.05, 3.63) is 12.2 Å². The number of aliphatic hydroxyl groups is 3. The van der Waals surface area contributed by atoms with Gasteiger partial charge in [0.05, 0.1) is 6.04 Å². The number of nitrogens with two attached hydrogens (primary N) is 1. The van der Waals surface area contributed by atoms with E-state index in [1.807, 2.05) is 0 Å². The van der Waals surface area contributed by atoms with Crippen LogP contribution in [0.5, 0.6) is 0 Å². The van der Waals surface area contributed by atoms with Gasteiger partial charge in [-0.2, -0.15) is 0 Å². The fraction of sp³-hybridized carbons (Fsp3) is 0.800. The van der Waals surface area contributed by atoms with E-state index in [0.29, 0.717) is 5.57 Å². The molecule has 6 heteroatoms. The Hall–Kier alpha value is -0.110. The summed E-state index contributed by atoms with van der Waals surface area (Å²) in [7, 11) is 0. The smallest absolute Gasteiger partial charge is 0.132 e. The van der Waals surface area contributed by atoms with Gasteiger partial charge in [-0.15, -0.1) is 11.8 Å². The van der Waals surface area contributed by atoms with E-state index < -0.39 is 35.9 Å². The van der Waals surface area contributed by atoms with E-state index in [2.05, 4.69) is 6.58 Å². The van der Waals surface area contributed by atoms with Gasteiger partial charge in [0.2, 0.25) is 0 Å². The fourth-order valence-corrected chi connectivity index (χ4v) is 2.32. The van der Waals surface area contributed by atoms with Crippen LogP contribution in [0, 0.1) is 0 Å². The average molecular weight is 249 g/mol. The molecule has 94 valence electrons. The summed E-state index contributed by atoms with van der Waals surface area (Å²) in [5.74, 6) is 0. The fourth-order valence-electron chi connectivity index (χ4n) is 1.65. The molecule has 1 heterocycles. The highest BCUT2D eigenvalue weighted by Gasteiger charge is 2.45. The van der Waals surface area contributed by atoms with Crippen molar-refractivity contribution in [1.29, 1.82) is 0 Å². The number of ether oxygens (including phenoxy) is 1. The highest BCUT2D eigenvalue weighted by atomic mass is 32.2. The van der Waals surface area contributed by atoms with E-state index in [1.165, 1.54) is 11.8 Å². The molecule has 0 saturated carbocycles. The van der Waals surface area contributed by atoms with Gasteiger partial charge >= 0.3 is 0 Å². The first-order valence-corrected chi connectivity index (χ1v) is 6.32. The largest absolute Gasteiger partial charge is 0.388 e. The SMILES string of the molecule is C=C(C)[C@@H](N)[C@H]1O[C@H](SC)[C@H](O)[C@@H](O)[C@H]1O. The van der Waals surface area contributed by atoms with Crippen molar-refractivity contribution in [3.63, 3.8) is 0 Å². The van der Waals surface area contributed by atoms with Crippen molar-refractivity contribution in [2.45, 2.75) is 42.8 Å². The Labute approximate surface area is 99.3 Å². The predicted molar refractivity (Wildman–Crippen MR) is 63.0 cm³/mol. The molecule has 0 bridgehead atoms. The lowest BCUT2D eigenvalue weighted by Gasteiger charge is -2.42. The van der Waals surface area contributed by atoms with Crippen molar-refractivity contribution >= 4 is 11.8 Å². The van der Waals surface area contributed by atoms with E-state index in [0.717, 1.165) is 0 Å². The van der Waals surface area contributed by atoms with Crippen molar-refractivity contribution in [3.8, 4) is 0 Å². The number of rotatable bonds is 3. The molecule has 5 N–H and O–H groups in total. The first kappa shape index (κ1) is 14.0. The van der Waals surface area contributed by atoms with Gasteiger partial charge in [-0.05, 0) is 13.2 Å². The van der Waals surface area contributed by atoms with E-state index in [1.54, 1.807) is 13.2 Å². The molecular weight excluding hydrogens is 230 g/mol. The summed E-state index contributed by atoms with van der Waals surface area (Å²) in [6, 6.07) is -0.563. The van der Waals surface area contributed by atoms with Gasteiger partial charge in [0.1, 0.15) is 29.9 Å². The van der Waals surface area contributed by atoms with Crippen molar-refractivity contribution < 1.29 is 20.1 Å². The van der Waals surface area contributed by atoms with Gasteiger partial charge in [0, 0.05) is 0 Å². The molecule has 0 amide bonds. The Morgan fingerprint density at radius 2 is 1.88 bits per heavy atom. The van der Waals surface area contributed by atoms with Crippen LogP contribution in [0.25, 0.3) is 0 Å². The molecule has 0 radical (unpaired) electrons. The summed E-state index contributed by atoms with van der Waals surface area (Å²) in [5.41, 5.74) is 5.89. The lowest BCUT2D eigenvalue weighted by atomic mass is 9.92. The summed E-state index contributed by atoms with van der Waals surface area (Å²) in [6.45, 7) is 5.42. The van der Waals surface area contributed by atoms with Crippen LogP contribution in [-0.4, -0.2) is 57.5 Å². The van der Waals surface area contributed by atoms with Crippen LogP contribution in [0.1, 0.15) is 6.92 Å². The number of thioether (sulfide) groups is 1. The Morgan fingerprint density at radius 1 is 1.31 bits per heavy atom. The molecule has 1 saturated heterocycles. The molecule has 16 heavy (non-hydrogen) atoms. The summed E-state index contributed by atoms with van der Waals surface area (Å²) in [6.07, 6.45) is -2.56. The monoisotopic (exact) mass is 249 g/mol. The Kier molecular flexibility index (Phi) is 4.78. The molecule has 0 aromatic rings. The van der Waals surface area contributed by atoms with Crippen molar-refractivity contribution in [2.75, 3.05) is 6.26 Å². The molecular formula is C10H19NO4S. The second-order valence-corrected chi connectivity index (χ2v) is 4.98. The maximum atomic E-state index is 9.78. The molecule has 5 nitrogen and oxygen atoms in total. The highest BCUT2D eigenvalue weighted by Crippen LogP contribution is 2.29. The molecule has 1 rings (SSSR count). The van der Waals surface area contributed by atoms with Gasteiger partial charge in [-0.1, -0.05) is 12.2 Å². The second kappa shape index (κ2) is 5.48. The summed E-state index contributed by atoms with van der Waals surface area (Å²) in [4.78, 5) is 0. The minimum Gasteiger partial charge on any atom is -0.388 e. The van der Waals surface area contributed by atoms with E-state index >= 15 is 0 Å². The van der Waals surface area contributed by atoms with Crippen LogP contribution < -0.4 is 5.73 Å². The minimum absolute atomic E-state index is 0.563. The number of hydrogen-bond acceptors (Lipinski definition) is 6. The molecule has 1 aliphatic heterocycles. The first-order chi connectivity index (χ1) is 7.40. The van der Waals surface area contributed by atoms with Crippen LogP contribution in [0.15, 0.2) is 12.2 Å². The summed E-state index contributed by atoms with van der Waals surface area (Å²) < 4.78 is 5.47. The molecule has 6 atom stereocenters. The van der Waals surface area contributed by atoms with E-state index in [4.69, 9.17) is 10.5 Å². The topological polar surface area (TPSA) is 95.9 Å². The molecule has 1 aliphatic rings. The third kappa shape index (κ3) is 2.58. The van der Waals surface area contributed by atoms with Crippen LogP contribution in [-0.2, 0) is 4.74 Å². The molecule has 1 fully saturated rings. The Morgan fingerprint density at radius 3 is 2.31 bits per heavy atom. The predicted octanol–water partition coefficient (Wildman–Crippen LogP) is -0.940. The zero-order valence-corrected chi connectivity index (χ0v) is 10.2. The van der Waals surface area contributed by atoms with Crippen LogP contribution in [0.3, 0.4) is 0 Å². The van der Waals surface area contributed by atoms with Gasteiger partial charge in [-0.3, -0.25) is 0 Å². The lowest BCUT2D eigenvalue weighted by Crippen LogP contribution is -2.61. The quantitative estimate of drug-likeness (QED) is 0.482. The van der Waals surface area contributed by atoms with Gasteiger partial charge in [-0.25, -0.2) is 0 Å². The van der Waals surface area contributed by atoms with Crippen LogP contribution in [0.4, 0.5) is 0 Å².